The number of aliphatic imine (C=N–C) groups is 1. The van der Waals surface area contributed by atoms with Crippen molar-refractivity contribution in [3.05, 3.63) is 18.2 Å². The molecule has 0 unspecified atom stereocenters. The minimum absolute atomic E-state index is 0.267. The number of ether oxygens (including phenoxy) is 2. The zero-order valence-corrected chi connectivity index (χ0v) is 8.28. The first-order chi connectivity index (χ1) is 7.33. The number of benzene rings is 1. The van der Waals surface area contributed by atoms with Gasteiger partial charge in [0.25, 0.3) is 0 Å². The second-order valence-corrected chi connectivity index (χ2v) is 2.91. The third-order valence-electron chi connectivity index (χ3n) is 2.00. The van der Waals surface area contributed by atoms with E-state index in [0.29, 0.717) is 11.7 Å². The average Bonchev–Trinajstić information content (AvgIpc) is 2.73. The Morgan fingerprint density at radius 1 is 1.40 bits per heavy atom. The Morgan fingerprint density at radius 3 is 2.93 bits per heavy atom. The summed E-state index contributed by atoms with van der Waals surface area (Å²) in [6, 6.07) is 5.51. The zero-order chi connectivity index (χ0) is 10.7. The molecule has 0 saturated heterocycles. The third kappa shape index (κ3) is 1.94. The fraction of sp³-hybridized carbons (Fsp3) is 0.222. The molecular weight excluding hydrogens is 196 g/mol. The second-order valence-electron chi connectivity index (χ2n) is 2.91. The van der Waals surface area contributed by atoms with Crippen LogP contribution in [0.4, 0.5) is 5.69 Å². The number of rotatable bonds is 1. The van der Waals surface area contributed by atoms with Crippen molar-refractivity contribution in [2.24, 2.45) is 10.8 Å². The van der Waals surface area contributed by atoms with E-state index in [2.05, 4.69) is 15.7 Å². The first-order valence-electron chi connectivity index (χ1n) is 4.43. The molecule has 1 aliphatic rings. The summed E-state index contributed by atoms with van der Waals surface area (Å²) in [5.41, 5.74) is 3.27. The summed E-state index contributed by atoms with van der Waals surface area (Å²) >= 11 is 0. The van der Waals surface area contributed by atoms with Crippen molar-refractivity contribution in [1.29, 1.82) is 0 Å². The molecule has 6 heteroatoms. The maximum Gasteiger partial charge on any atom is 0.231 e. The Hall–Kier alpha value is -1.95. The average molecular weight is 208 g/mol. The molecule has 80 valence electrons. The van der Waals surface area contributed by atoms with Gasteiger partial charge in [-0.1, -0.05) is 0 Å². The molecule has 0 atom stereocenters. The molecule has 0 aromatic heterocycles. The van der Waals surface area contributed by atoms with Gasteiger partial charge in [-0.2, -0.15) is 0 Å². The van der Waals surface area contributed by atoms with Gasteiger partial charge in [0.1, 0.15) is 0 Å². The molecule has 2 rings (SSSR count). The molecule has 0 spiro atoms. The summed E-state index contributed by atoms with van der Waals surface area (Å²) < 4.78 is 10.4. The van der Waals surface area contributed by atoms with Gasteiger partial charge in [-0.3, -0.25) is 10.4 Å². The molecule has 1 aromatic carbocycles. The lowest BCUT2D eigenvalue weighted by molar-refractivity contribution is 0.174. The van der Waals surface area contributed by atoms with E-state index in [9.17, 15) is 0 Å². The summed E-state index contributed by atoms with van der Waals surface area (Å²) in [6.45, 7) is 0.267. The maximum atomic E-state index is 5.24. The predicted octanol–water partition coefficient (Wildman–Crippen LogP) is 0.276. The normalized spacial score (nSPS) is 13.9. The van der Waals surface area contributed by atoms with E-state index >= 15 is 0 Å². The van der Waals surface area contributed by atoms with E-state index in [-0.39, 0.29) is 6.79 Å². The molecule has 1 heterocycles. The van der Waals surface area contributed by atoms with Crippen LogP contribution >= 0.6 is 0 Å². The number of hydrazine groups is 1. The number of hydrogen-bond donors (Lipinski definition) is 3. The van der Waals surface area contributed by atoms with E-state index in [0.717, 1.165) is 11.4 Å². The predicted molar refractivity (Wildman–Crippen MR) is 56.9 cm³/mol. The van der Waals surface area contributed by atoms with E-state index < -0.39 is 0 Å². The van der Waals surface area contributed by atoms with Crippen LogP contribution in [0.1, 0.15) is 0 Å². The molecular formula is C9H12N4O2. The Kier molecular flexibility index (Phi) is 2.59. The summed E-state index contributed by atoms with van der Waals surface area (Å²) in [4.78, 5) is 3.89. The van der Waals surface area contributed by atoms with Crippen molar-refractivity contribution in [3.63, 3.8) is 0 Å². The molecule has 1 aromatic rings. The van der Waals surface area contributed by atoms with Gasteiger partial charge in [0, 0.05) is 18.8 Å². The fourth-order valence-electron chi connectivity index (χ4n) is 1.27. The quantitative estimate of drug-likeness (QED) is 0.267. The monoisotopic (exact) mass is 208 g/mol. The van der Waals surface area contributed by atoms with Crippen LogP contribution in [0.2, 0.25) is 0 Å². The van der Waals surface area contributed by atoms with E-state index in [1.54, 1.807) is 7.05 Å². The van der Waals surface area contributed by atoms with Crippen molar-refractivity contribution in [1.82, 2.24) is 5.43 Å². The summed E-state index contributed by atoms with van der Waals surface area (Å²) in [7, 11) is 1.63. The van der Waals surface area contributed by atoms with Gasteiger partial charge in [-0.25, -0.2) is 5.84 Å². The van der Waals surface area contributed by atoms with Crippen molar-refractivity contribution in [2.45, 2.75) is 0 Å². The molecule has 6 nitrogen and oxygen atoms in total. The molecule has 0 fully saturated rings. The van der Waals surface area contributed by atoms with Gasteiger partial charge >= 0.3 is 0 Å². The maximum absolute atomic E-state index is 5.24. The van der Waals surface area contributed by atoms with Crippen LogP contribution < -0.4 is 26.1 Å². The number of nitrogens with zero attached hydrogens (tertiary/aromatic N) is 1. The van der Waals surface area contributed by atoms with Gasteiger partial charge in [0.2, 0.25) is 12.8 Å². The SMILES string of the molecule is CN=C(NN)Nc1ccc2c(c1)OCO2. The zero-order valence-electron chi connectivity index (χ0n) is 8.28. The van der Waals surface area contributed by atoms with Gasteiger partial charge in [0.15, 0.2) is 11.5 Å². The van der Waals surface area contributed by atoms with Crippen LogP contribution in [-0.4, -0.2) is 19.8 Å². The minimum atomic E-state index is 0.267. The Balaban J connectivity index is 2.16. The molecule has 0 amide bonds. The largest absolute Gasteiger partial charge is 0.454 e. The Labute approximate surface area is 87.1 Å². The van der Waals surface area contributed by atoms with E-state index in [1.807, 2.05) is 18.2 Å². The highest BCUT2D eigenvalue weighted by molar-refractivity contribution is 5.93. The molecule has 15 heavy (non-hydrogen) atoms. The van der Waals surface area contributed by atoms with Crippen molar-refractivity contribution in [2.75, 3.05) is 19.2 Å². The molecule has 0 radical (unpaired) electrons. The highest BCUT2D eigenvalue weighted by Crippen LogP contribution is 2.34. The second kappa shape index (κ2) is 4.05. The lowest BCUT2D eigenvalue weighted by Crippen LogP contribution is -2.36. The topological polar surface area (TPSA) is 80.9 Å². The highest BCUT2D eigenvalue weighted by Gasteiger charge is 2.13. The number of nitrogens with one attached hydrogen (secondary N) is 2. The van der Waals surface area contributed by atoms with Crippen molar-refractivity contribution < 1.29 is 9.47 Å². The first-order valence-corrected chi connectivity index (χ1v) is 4.43. The van der Waals surface area contributed by atoms with Gasteiger partial charge in [0.05, 0.1) is 0 Å². The van der Waals surface area contributed by atoms with Crippen LogP contribution in [0.25, 0.3) is 0 Å². The molecule has 0 bridgehead atoms. The Morgan fingerprint density at radius 2 is 2.20 bits per heavy atom. The van der Waals surface area contributed by atoms with E-state index in [1.165, 1.54) is 0 Å². The first kappa shape index (κ1) is 9.60. The number of anilines is 1. The van der Waals surface area contributed by atoms with Crippen LogP contribution in [0, 0.1) is 0 Å². The van der Waals surface area contributed by atoms with Crippen LogP contribution in [0.5, 0.6) is 11.5 Å². The number of hydrogen-bond acceptors (Lipinski definition) is 4. The van der Waals surface area contributed by atoms with Gasteiger partial charge in [-0.15, -0.1) is 0 Å². The van der Waals surface area contributed by atoms with E-state index in [4.69, 9.17) is 15.3 Å². The smallest absolute Gasteiger partial charge is 0.231 e. The minimum Gasteiger partial charge on any atom is -0.454 e. The number of fused-ring (bicyclic) bond motifs is 1. The lowest BCUT2D eigenvalue weighted by Gasteiger charge is -2.08. The summed E-state index contributed by atoms with van der Waals surface area (Å²) in [5, 5.41) is 2.99. The number of guanidine groups is 1. The lowest BCUT2D eigenvalue weighted by atomic mass is 10.3. The Bertz CT molecular complexity index is 392. The van der Waals surface area contributed by atoms with Crippen molar-refractivity contribution in [3.8, 4) is 11.5 Å². The molecule has 0 aliphatic carbocycles. The molecule has 0 saturated carbocycles. The standard InChI is InChI=1S/C9H12N4O2/c1-11-9(13-10)12-6-2-3-7-8(4-6)15-5-14-7/h2-4H,5,10H2,1H3,(H2,11,12,13). The van der Waals surface area contributed by atoms with Crippen molar-refractivity contribution >= 4 is 11.6 Å². The van der Waals surface area contributed by atoms with Gasteiger partial charge in [-0.05, 0) is 12.1 Å². The fourth-order valence-corrected chi connectivity index (χ4v) is 1.27. The van der Waals surface area contributed by atoms with Gasteiger partial charge < -0.3 is 14.8 Å². The van der Waals surface area contributed by atoms with Crippen LogP contribution in [-0.2, 0) is 0 Å². The molecule has 1 aliphatic heterocycles. The highest BCUT2D eigenvalue weighted by atomic mass is 16.7. The molecule has 4 N–H and O–H groups in total. The third-order valence-corrected chi connectivity index (χ3v) is 2.00. The summed E-state index contributed by atoms with van der Waals surface area (Å²) in [5.74, 6) is 7.19. The number of nitrogens with two attached hydrogens (primary N) is 1. The summed E-state index contributed by atoms with van der Waals surface area (Å²) in [6.07, 6.45) is 0. The van der Waals surface area contributed by atoms with Crippen LogP contribution in [0.3, 0.4) is 0 Å². The van der Waals surface area contributed by atoms with Crippen LogP contribution in [0.15, 0.2) is 23.2 Å².